The van der Waals surface area contributed by atoms with Crippen LogP contribution in [0.5, 0.6) is 5.75 Å². The minimum Gasteiger partial charge on any atom is -0.495 e. The summed E-state index contributed by atoms with van der Waals surface area (Å²) in [6.07, 6.45) is 4.26. The number of rotatable bonds is 5. The van der Waals surface area contributed by atoms with Crippen molar-refractivity contribution in [3.8, 4) is 5.75 Å². The average molecular weight is 327 g/mol. The number of hydrogen-bond donors (Lipinski definition) is 1. The predicted molar refractivity (Wildman–Crippen MR) is 95.2 cm³/mol. The topological polar surface area (TPSA) is 46.5 Å². The Morgan fingerprint density at radius 1 is 1.29 bits per heavy atom. The highest BCUT2D eigenvalue weighted by molar-refractivity contribution is 5.95. The van der Waals surface area contributed by atoms with Gasteiger partial charge < -0.3 is 14.6 Å². The number of benzene rings is 1. The summed E-state index contributed by atoms with van der Waals surface area (Å²) >= 11 is 0. The van der Waals surface area contributed by atoms with Crippen LogP contribution in [0.25, 0.3) is 0 Å². The Bertz CT molecular complexity index is 710. The van der Waals surface area contributed by atoms with E-state index in [9.17, 15) is 4.79 Å². The predicted octanol–water partition coefficient (Wildman–Crippen LogP) is 3.20. The third kappa shape index (κ3) is 3.17. The highest BCUT2D eigenvalue weighted by Gasteiger charge is 2.34. The van der Waals surface area contributed by atoms with Gasteiger partial charge in [0.1, 0.15) is 5.75 Å². The number of ether oxygens (including phenoxy) is 1. The van der Waals surface area contributed by atoms with E-state index in [-0.39, 0.29) is 11.9 Å². The van der Waals surface area contributed by atoms with Crippen molar-refractivity contribution in [1.29, 1.82) is 0 Å². The van der Waals surface area contributed by atoms with Gasteiger partial charge in [-0.25, -0.2) is 0 Å². The molecule has 5 nitrogen and oxygen atoms in total. The van der Waals surface area contributed by atoms with Crippen LogP contribution in [0.15, 0.2) is 42.6 Å². The van der Waals surface area contributed by atoms with Crippen LogP contribution in [0.4, 0.5) is 5.69 Å². The average Bonchev–Trinajstić information content (AvgIpc) is 3.22. The Morgan fingerprint density at radius 2 is 2.08 bits per heavy atom. The molecule has 1 saturated heterocycles. The van der Waals surface area contributed by atoms with E-state index in [4.69, 9.17) is 4.74 Å². The maximum atomic E-state index is 12.8. The first-order valence-electron chi connectivity index (χ1n) is 8.42. The molecule has 1 aliphatic heterocycles. The van der Waals surface area contributed by atoms with Gasteiger partial charge in [-0.3, -0.25) is 9.69 Å². The molecule has 0 aliphatic carbocycles. The van der Waals surface area contributed by atoms with E-state index in [1.807, 2.05) is 31.2 Å². The number of nitrogens with zero attached hydrogens (tertiary/aromatic N) is 2. The molecule has 2 heterocycles. The molecular weight excluding hydrogens is 302 g/mol. The fraction of sp³-hybridized carbons (Fsp3) is 0.421. The number of amides is 1. The van der Waals surface area contributed by atoms with Crippen molar-refractivity contribution in [3.63, 3.8) is 0 Å². The number of carbonyl (C=O) groups excluding carboxylic acids is 1. The highest BCUT2D eigenvalue weighted by Crippen LogP contribution is 2.34. The first-order chi connectivity index (χ1) is 11.6. The van der Waals surface area contributed by atoms with Crippen LogP contribution in [0, 0.1) is 0 Å². The van der Waals surface area contributed by atoms with Crippen molar-refractivity contribution < 1.29 is 9.53 Å². The van der Waals surface area contributed by atoms with Crippen molar-refractivity contribution in [1.82, 2.24) is 9.47 Å². The van der Waals surface area contributed by atoms with E-state index in [0.717, 1.165) is 19.4 Å². The monoisotopic (exact) mass is 327 g/mol. The number of para-hydroxylation sites is 2. The van der Waals surface area contributed by atoms with Crippen LogP contribution in [-0.2, 0) is 11.8 Å². The SMILES string of the molecule is COc1ccccc1NC(=O)[C@@H](C)N1CCC[C@@H]1c1cccn1C. The summed E-state index contributed by atoms with van der Waals surface area (Å²) in [4.78, 5) is 15.0. The third-order valence-electron chi connectivity index (χ3n) is 4.86. The summed E-state index contributed by atoms with van der Waals surface area (Å²) in [6, 6.07) is 11.8. The van der Waals surface area contributed by atoms with E-state index < -0.39 is 0 Å². The van der Waals surface area contributed by atoms with Gasteiger partial charge >= 0.3 is 0 Å². The summed E-state index contributed by atoms with van der Waals surface area (Å²) in [5, 5.41) is 3.01. The highest BCUT2D eigenvalue weighted by atomic mass is 16.5. The lowest BCUT2D eigenvalue weighted by Gasteiger charge is -2.30. The molecule has 1 fully saturated rings. The van der Waals surface area contributed by atoms with Gasteiger partial charge in [0.2, 0.25) is 5.91 Å². The molecule has 0 bridgehead atoms. The van der Waals surface area contributed by atoms with Crippen molar-refractivity contribution in [2.75, 3.05) is 19.0 Å². The molecule has 5 heteroatoms. The molecule has 3 rings (SSSR count). The maximum Gasteiger partial charge on any atom is 0.241 e. The van der Waals surface area contributed by atoms with Crippen LogP contribution in [-0.4, -0.2) is 35.1 Å². The van der Waals surface area contributed by atoms with Crippen LogP contribution in [0.3, 0.4) is 0 Å². The van der Waals surface area contributed by atoms with E-state index in [1.165, 1.54) is 5.69 Å². The van der Waals surface area contributed by atoms with E-state index in [1.54, 1.807) is 7.11 Å². The zero-order valence-corrected chi connectivity index (χ0v) is 14.5. The van der Waals surface area contributed by atoms with Crippen LogP contribution in [0.1, 0.15) is 31.5 Å². The van der Waals surface area contributed by atoms with Crippen molar-refractivity contribution >= 4 is 11.6 Å². The fourth-order valence-electron chi connectivity index (χ4n) is 3.53. The second kappa shape index (κ2) is 7.09. The van der Waals surface area contributed by atoms with E-state index in [0.29, 0.717) is 17.5 Å². The number of anilines is 1. The molecule has 24 heavy (non-hydrogen) atoms. The van der Waals surface area contributed by atoms with E-state index in [2.05, 4.69) is 40.2 Å². The summed E-state index contributed by atoms with van der Waals surface area (Å²) in [5.41, 5.74) is 1.98. The molecular formula is C19H25N3O2. The molecule has 0 saturated carbocycles. The molecule has 2 atom stereocenters. The molecule has 1 amide bonds. The standard InChI is InChI=1S/C19H25N3O2/c1-14(19(23)20-15-8-4-5-11-18(15)24-3)22-13-7-10-17(22)16-9-6-12-21(16)2/h4-6,8-9,11-12,14,17H,7,10,13H2,1-3H3,(H,20,23)/t14-,17-/m1/s1. The second-order valence-electron chi connectivity index (χ2n) is 6.31. The number of aromatic nitrogens is 1. The summed E-state index contributed by atoms with van der Waals surface area (Å²) in [6.45, 7) is 2.92. The third-order valence-corrected chi connectivity index (χ3v) is 4.86. The van der Waals surface area contributed by atoms with Crippen LogP contribution in [0.2, 0.25) is 0 Å². The van der Waals surface area contributed by atoms with Gasteiger partial charge in [0, 0.05) is 18.9 Å². The molecule has 128 valence electrons. The van der Waals surface area contributed by atoms with Crippen molar-refractivity contribution in [2.45, 2.75) is 31.8 Å². The van der Waals surface area contributed by atoms with Crippen LogP contribution >= 0.6 is 0 Å². The largest absolute Gasteiger partial charge is 0.495 e. The zero-order valence-electron chi connectivity index (χ0n) is 14.5. The lowest BCUT2D eigenvalue weighted by molar-refractivity contribution is -0.121. The number of methoxy groups -OCH3 is 1. The van der Waals surface area contributed by atoms with Gasteiger partial charge in [-0.2, -0.15) is 0 Å². The van der Waals surface area contributed by atoms with Gasteiger partial charge in [0.25, 0.3) is 0 Å². The van der Waals surface area contributed by atoms with Gasteiger partial charge in [-0.15, -0.1) is 0 Å². The molecule has 1 N–H and O–H groups in total. The summed E-state index contributed by atoms with van der Waals surface area (Å²) in [5.74, 6) is 0.680. The molecule has 1 aromatic heterocycles. The molecule has 1 aromatic carbocycles. The van der Waals surface area contributed by atoms with Gasteiger partial charge in [-0.1, -0.05) is 12.1 Å². The number of likely N-dealkylation sites (tertiary alicyclic amines) is 1. The zero-order chi connectivity index (χ0) is 17.1. The van der Waals surface area contributed by atoms with Gasteiger partial charge in [0.05, 0.1) is 24.9 Å². The maximum absolute atomic E-state index is 12.8. The normalized spacial score (nSPS) is 19.2. The Hall–Kier alpha value is -2.27. The number of carbonyl (C=O) groups is 1. The quantitative estimate of drug-likeness (QED) is 0.917. The van der Waals surface area contributed by atoms with Gasteiger partial charge in [0.15, 0.2) is 0 Å². The minimum absolute atomic E-state index is 0.000564. The fourth-order valence-corrected chi connectivity index (χ4v) is 3.53. The lowest BCUT2D eigenvalue weighted by atomic mass is 10.1. The van der Waals surface area contributed by atoms with Crippen molar-refractivity contribution in [3.05, 3.63) is 48.3 Å². The second-order valence-corrected chi connectivity index (χ2v) is 6.31. The minimum atomic E-state index is -0.197. The van der Waals surface area contributed by atoms with Gasteiger partial charge in [-0.05, 0) is 50.6 Å². The number of hydrogen-bond acceptors (Lipinski definition) is 3. The Labute approximate surface area is 143 Å². The summed E-state index contributed by atoms with van der Waals surface area (Å²) < 4.78 is 7.46. The summed E-state index contributed by atoms with van der Waals surface area (Å²) in [7, 11) is 3.67. The van der Waals surface area contributed by atoms with Crippen LogP contribution < -0.4 is 10.1 Å². The molecule has 2 aromatic rings. The Kier molecular flexibility index (Phi) is 4.90. The number of aryl methyl sites for hydroxylation is 1. The molecule has 0 spiro atoms. The number of nitrogens with one attached hydrogen (secondary N) is 1. The molecule has 0 radical (unpaired) electrons. The molecule has 0 unspecified atom stereocenters. The first kappa shape index (κ1) is 16.6. The lowest BCUT2D eigenvalue weighted by Crippen LogP contribution is -2.42. The molecule has 1 aliphatic rings. The smallest absolute Gasteiger partial charge is 0.241 e. The Balaban J connectivity index is 1.74. The first-order valence-corrected chi connectivity index (χ1v) is 8.42. The van der Waals surface area contributed by atoms with Crippen molar-refractivity contribution in [2.24, 2.45) is 7.05 Å². The Morgan fingerprint density at radius 3 is 2.79 bits per heavy atom. The van der Waals surface area contributed by atoms with E-state index >= 15 is 0 Å².